The van der Waals surface area contributed by atoms with E-state index in [0.717, 1.165) is 12.2 Å². The predicted octanol–water partition coefficient (Wildman–Crippen LogP) is 10.4. The van der Waals surface area contributed by atoms with Crippen LogP contribution < -0.4 is 4.74 Å². The monoisotopic (exact) mass is 456 g/mol. The van der Waals surface area contributed by atoms with E-state index in [1.165, 1.54) is 11.1 Å². The van der Waals surface area contributed by atoms with Gasteiger partial charge in [0.15, 0.2) is 0 Å². The highest BCUT2D eigenvalue weighted by molar-refractivity contribution is 5.27. The summed E-state index contributed by atoms with van der Waals surface area (Å²) in [5.74, 6) is 0.928. The molecule has 0 heterocycles. The fraction of sp³-hybridized carbons (Fsp3) is 0.625. The van der Waals surface area contributed by atoms with Crippen molar-refractivity contribution < 1.29 is 4.74 Å². The summed E-state index contributed by atoms with van der Waals surface area (Å²) in [6, 6.07) is 18.8. The van der Waals surface area contributed by atoms with Gasteiger partial charge in [-0.3, -0.25) is 0 Å². The Balaban J connectivity index is 0. The summed E-state index contributed by atoms with van der Waals surface area (Å²) in [6.45, 7) is 30.9. The quantitative estimate of drug-likeness (QED) is 0.436. The molecule has 0 saturated heterocycles. The minimum absolute atomic E-state index is 0.293. The maximum Gasteiger partial charge on any atom is 0.118 e. The van der Waals surface area contributed by atoms with E-state index < -0.39 is 0 Å². The largest absolute Gasteiger partial charge is 0.497 e. The van der Waals surface area contributed by atoms with Crippen LogP contribution in [0.15, 0.2) is 54.6 Å². The molecular formula is C32H56O. The Morgan fingerprint density at radius 3 is 1.15 bits per heavy atom. The highest BCUT2D eigenvalue weighted by atomic mass is 16.5. The highest BCUT2D eigenvalue weighted by Crippen LogP contribution is 2.22. The number of hydrogen-bond acceptors (Lipinski definition) is 1. The average Bonchev–Trinajstić information content (AvgIpc) is 2.59. The summed E-state index contributed by atoms with van der Waals surface area (Å²) in [4.78, 5) is 0. The van der Waals surface area contributed by atoms with Crippen LogP contribution in [0.2, 0.25) is 0 Å². The number of hydrogen-bond donors (Lipinski definition) is 0. The second kappa shape index (κ2) is 14.5. The third-order valence-corrected chi connectivity index (χ3v) is 3.53. The Morgan fingerprint density at radius 2 is 0.909 bits per heavy atom. The molecule has 0 saturated carbocycles. The summed E-state index contributed by atoms with van der Waals surface area (Å²) in [6.07, 6.45) is 1.11. The van der Waals surface area contributed by atoms with E-state index in [0.29, 0.717) is 21.7 Å². The Kier molecular flexibility index (Phi) is 14.7. The molecule has 1 heteroatoms. The third-order valence-electron chi connectivity index (χ3n) is 3.53. The molecule has 2 aromatic rings. The summed E-state index contributed by atoms with van der Waals surface area (Å²) in [5.41, 5.74) is 4.42. The molecule has 0 aliphatic heterocycles. The van der Waals surface area contributed by atoms with Gasteiger partial charge in [0.25, 0.3) is 0 Å². The predicted molar refractivity (Wildman–Crippen MR) is 152 cm³/mol. The zero-order valence-corrected chi connectivity index (χ0v) is 24.8. The number of benzene rings is 2. The molecule has 0 radical (unpaired) electrons. The summed E-state index contributed by atoms with van der Waals surface area (Å²) in [7, 11) is 1.69. The SMILES string of the molecule is CC(C)(C)C.CC(C)(C)C.CC(C)(C)c1ccccc1.COc1ccc(CC(C)(C)C)cc1. The van der Waals surface area contributed by atoms with Crippen molar-refractivity contribution in [1.29, 1.82) is 0 Å². The molecule has 0 atom stereocenters. The van der Waals surface area contributed by atoms with Crippen molar-refractivity contribution >= 4 is 0 Å². The van der Waals surface area contributed by atoms with Crippen LogP contribution in [0.25, 0.3) is 0 Å². The van der Waals surface area contributed by atoms with Crippen molar-refractivity contribution in [2.24, 2.45) is 16.2 Å². The van der Waals surface area contributed by atoms with Crippen LogP contribution in [-0.2, 0) is 11.8 Å². The Morgan fingerprint density at radius 1 is 0.545 bits per heavy atom. The van der Waals surface area contributed by atoms with Gasteiger partial charge in [-0.2, -0.15) is 0 Å². The van der Waals surface area contributed by atoms with Crippen LogP contribution >= 0.6 is 0 Å². The molecule has 0 unspecified atom stereocenters. The first-order valence-corrected chi connectivity index (χ1v) is 12.3. The molecule has 0 spiro atoms. The van der Waals surface area contributed by atoms with Crippen LogP contribution in [0.4, 0.5) is 0 Å². The molecule has 2 rings (SSSR count). The van der Waals surface area contributed by atoms with Crippen LogP contribution in [0.5, 0.6) is 5.75 Å². The molecule has 2 aromatic carbocycles. The van der Waals surface area contributed by atoms with Crippen molar-refractivity contribution in [3.05, 3.63) is 65.7 Å². The van der Waals surface area contributed by atoms with Crippen LogP contribution in [0.3, 0.4) is 0 Å². The molecular weight excluding hydrogens is 400 g/mol. The Labute approximate surface area is 208 Å². The Hall–Kier alpha value is -1.76. The smallest absolute Gasteiger partial charge is 0.118 e. The molecule has 0 aliphatic carbocycles. The van der Waals surface area contributed by atoms with Crippen LogP contribution in [-0.4, -0.2) is 7.11 Å². The first-order valence-electron chi connectivity index (χ1n) is 12.3. The lowest BCUT2D eigenvalue weighted by molar-refractivity contribution is 0.406. The number of methoxy groups -OCH3 is 1. The summed E-state index contributed by atoms with van der Waals surface area (Å²) < 4.78 is 5.10. The second-order valence-electron chi connectivity index (χ2n) is 14.2. The van der Waals surface area contributed by atoms with E-state index in [9.17, 15) is 0 Å². The standard InChI is InChI=1S/C12H18O.C10H14.2C5H12/c1-12(2,3)9-10-5-7-11(13-4)8-6-10;1-10(2,3)9-7-5-4-6-8-9;2*1-5(2,3)4/h5-8H,9H2,1-4H3;4-8H,1-3H3;2*1-4H3. The third kappa shape index (κ3) is 28.2. The maximum absolute atomic E-state index is 5.10. The van der Waals surface area contributed by atoms with Gasteiger partial charge in [-0.15, -0.1) is 0 Å². The zero-order chi connectivity index (χ0) is 26.5. The van der Waals surface area contributed by atoms with Gasteiger partial charge >= 0.3 is 0 Å². The second-order valence-corrected chi connectivity index (χ2v) is 14.2. The fourth-order valence-electron chi connectivity index (χ4n) is 2.29. The fourth-order valence-corrected chi connectivity index (χ4v) is 2.29. The topological polar surface area (TPSA) is 9.23 Å². The van der Waals surface area contributed by atoms with Gasteiger partial charge in [-0.05, 0) is 51.3 Å². The average molecular weight is 457 g/mol. The van der Waals surface area contributed by atoms with Gasteiger partial charge in [-0.1, -0.05) is 139 Å². The molecule has 0 amide bonds. The molecule has 0 aromatic heterocycles. The van der Waals surface area contributed by atoms with Gasteiger partial charge in [0.1, 0.15) is 5.75 Å². The van der Waals surface area contributed by atoms with E-state index in [-0.39, 0.29) is 0 Å². The molecule has 0 N–H and O–H groups in total. The molecule has 0 fully saturated rings. The van der Waals surface area contributed by atoms with Gasteiger partial charge in [0.05, 0.1) is 7.11 Å². The highest BCUT2D eigenvalue weighted by Gasteiger charge is 2.11. The Bertz CT molecular complexity index is 688. The van der Waals surface area contributed by atoms with E-state index in [2.05, 4.69) is 139 Å². The lowest BCUT2D eigenvalue weighted by Crippen LogP contribution is -2.10. The first-order chi connectivity index (χ1) is 14.6. The lowest BCUT2D eigenvalue weighted by atomic mass is 9.87. The van der Waals surface area contributed by atoms with Crippen molar-refractivity contribution in [2.45, 2.75) is 109 Å². The molecule has 0 aliphatic rings. The van der Waals surface area contributed by atoms with Crippen LogP contribution in [0.1, 0.15) is 108 Å². The van der Waals surface area contributed by atoms with E-state index in [1.807, 2.05) is 12.1 Å². The molecule has 33 heavy (non-hydrogen) atoms. The van der Waals surface area contributed by atoms with E-state index in [1.54, 1.807) is 7.11 Å². The van der Waals surface area contributed by atoms with Crippen molar-refractivity contribution in [2.75, 3.05) is 7.11 Å². The molecule has 190 valence electrons. The minimum Gasteiger partial charge on any atom is -0.497 e. The normalized spacial score (nSPS) is 11.6. The molecule has 0 bridgehead atoms. The minimum atomic E-state index is 0.293. The maximum atomic E-state index is 5.10. The van der Waals surface area contributed by atoms with Crippen molar-refractivity contribution in [3.63, 3.8) is 0 Å². The van der Waals surface area contributed by atoms with Crippen molar-refractivity contribution in [1.82, 2.24) is 0 Å². The summed E-state index contributed by atoms with van der Waals surface area (Å²) in [5, 5.41) is 0. The van der Waals surface area contributed by atoms with Crippen LogP contribution in [0, 0.1) is 16.2 Å². The first kappa shape index (κ1) is 33.4. The lowest BCUT2D eigenvalue weighted by Gasteiger charge is -2.18. The van der Waals surface area contributed by atoms with Gasteiger partial charge < -0.3 is 4.74 Å². The van der Waals surface area contributed by atoms with Crippen molar-refractivity contribution in [3.8, 4) is 5.75 Å². The van der Waals surface area contributed by atoms with E-state index in [4.69, 9.17) is 4.74 Å². The number of ether oxygens (including phenoxy) is 1. The molecule has 1 nitrogen and oxygen atoms in total. The van der Waals surface area contributed by atoms with E-state index >= 15 is 0 Å². The number of rotatable bonds is 2. The van der Waals surface area contributed by atoms with Gasteiger partial charge in [0, 0.05) is 0 Å². The summed E-state index contributed by atoms with van der Waals surface area (Å²) >= 11 is 0. The zero-order valence-electron chi connectivity index (χ0n) is 24.8. The van der Waals surface area contributed by atoms with Gasteiger partial charge in [0.2, 0.25) is 0 Å². The van der Waals surface area contributed by atoms with Gasteiger partial charge in [-0.25, -0.2) is 0 Å².